The first-order chi connectivity index (χ1) is 19.3. The molecule has 0 saturated carbocycles. The fraction of sp³-hybridized carbons (Fsp3) is 0. The lowest BCUT2D eigenvalue weighted by molar-refractivity contribution is 0.620. The highest BCUT2D eigenvalue weighted by Gasteiger charge is 2.20. The molecule has 0 aliphatic heterocycles. The van der Waals surface area contributed by atoms with Crippen LogP contribution in [0, 0.1) is 0 Å². The third-order valence-electron chi connectivity index (χ3n) is 7.24. The van der Waals surface area contributed by atoms with Gasteiger partial charge in [0, 0.05) is 46.2 Å². The molecular formula is C34H22N4O. The highest BCUT2D eigenvalue weighted by molar-refractivity contribution is 6.14. The van der Waals surface area contributed by atoms with Crippen LogP contribution in [-0.2, 0) is 0 Å². The summed E-state index contributed by atoms with van der Waals surface area (Å²) in [6.07, 6.45) is 6.00. The van der Waals surface area contributed by atoms with Crippen LogP contribution < -0.4 is 0 Å². The average molecular weight is 503 g/mol. The summed E-state index contributed by atoms with van der Waals surface area (Å²) in [5, 5.41) is 2.36. The Bertz CT molecular complexity index is 2090. The Morgan fingerprint density at radius 1 is 0.641 bits per heavy atom. The predicted molar refractivity (Wildman–Crippen MR) is 156 cm³/mol. The van der Waals surface area contributed by atoms with E-state index in [1.807, 2.05) is 60.8 Å². The molecule has 4 aromatic carbocycles. The monoisotopic (exact) mass is 502 g/mol. The van der Waals surface area contributed by atoms with Gasteiger partial charge in [0.2, 0.25) is 5.89 Å². The Hall–Kier alpha value is -5.42. The van der Waals surface area contributed by atoms with E-state index in [2.05, 4.69) is 87.2 Å². The summed E-state index contributed by atoms with van der Waals surface area (Å²) >= 11 is 0. The van der Waals surface area contributed by atoms with Crippen LogP contribution in [0.3, 0.4) is 0 Å². The standard InChI is InChI=1S/C34H22N4O/c1-3-15-29-26(12-1)33-30(37-18-7-8-19-37)21-24(34-36-28-14-2-4-16-32(28)39-34)22-31(33)38(29)25-11-9-10-23(20-25)27-13-5-6-17-35-27/h1-22H. The number of benzene rings is 4. The number of aromatic nitrogens is 4. The molecule has 0 amide bonds. The van der Waals surface area contributed by atoms with Gasteiger partial charge in [0.1, 0.15) is 5.52 Å². The zero-order valence-corrected chi connectivity index (χ0v) is 20.9. The van der Waals surface area contributed by atoms with Gasteiger partial charge in [-0.3, -0.25) is 4.98 Å². The van der Waals surface area contributed by atoms with Crippen molar-refractivity contribution < 1.29 is 4.42 Å². The molecule has 0 radical (unpaired) electrons. The Morgan fingerprint density at radius 3 is 2.36 bits per heavy atom. The second-order valence-corrected chi connectivity index (χ2v) is 9.58. The van der Waals surface area contributed by atoms with Gasteiger partial charge in [0.05, 0.1) is 22.4 Å². The number of pyridine rings is 1. The van der Waals surface area contributed by atoms with Crippen molar-refractivity contribution in [1.29, 1.82) is 0 Å². The quantitative estimate of drug-likeness (QED) is 0.243. The largest absolute Gasteiger partial charge is 0.436 e. The lowest BCUT2D eigenvalue weighted by atomic mass is 10.1. The number of rotatable bonds is 4. The van der Waals surface area contributed by atoms with Gasteiger partial charge in [-0.2, -0.15) is 0 Å². The second-order valence-electron chi connectivity index (χ2n) is 9.58. The van der Waals surface area contributed by atoms with E-state index in [0.717, 1.165) is 50.3 Å². The third-order valence-corrected chi connectivity index (χ3v) is 7.24. The van der Waals surface area contributed by atoms with Gasteiger partial charge < -0.3 is 13.6 Å². The lowest BCUT2D eigenvalue weighted by Gasteiger charge is -2.12. The first kappa shape index (κ1) is 21.6. The normalized spacial score (nSPS) is 11.6. The lowest BCUT2D eigenvalue weighted by Crippen LogP contribution is -1.97. The second kappa shape index (κ2) is 8.57. The molecule has 39 heavy (non-hydrogen) atoms. The van der Waals surface area contributed by atoms with Crippen molar-refractivity contribution in [3.63, 3.8) is 0 Å². The Labute approximate surface area is 224 Å². The van der Waals surface area contributed by atoms with E-state index < -0.39 is 0 Å². The van der Waals surface area contributed by atoms with Crippen molar-refractivity contribution in [3.05, 3.63) is 134 Å². The SMILES string of the molecule is c1ccc(-c2cccc(-n3c4ccccc4c4c(-n5cccc5)cc(-c5nc6ccccc6o5)cc43)c2)nc1. The third kappa shape index (κ3) is 3.48. The molecule has 0 aliphatic rings. The molecule has 0 atom stereocenters. The van der Waals surface area contributed by atoms with Crippen LogP contribution in [0.4, 0.5) is 0 Å². The van der Waals surface area contributed by atoms with Crippen molar-refractivity contribution in [2.24, 2.45) is 0 Å². The first-order valence-corrected chi connectivity index (χ1v) is 12.9. The number of nitrogens with zero attached hydrogens (tertiary/aromatic N) is 4. The molecular weight excluding hydrogens is 480 g/mol. The predicted octanol–water partition coefficient (Wildman–Crippen LogP) is 8.44. The minimum atomic E-state index is 0.602. The summed E-state index contributed by atoms with van der Waals surface area (Å²) in [5.74, 6) is 0.602. The molecule has 0 saturated heterocycles. The Balaban J connectivity index is 1.46. The summed E-state index contributed by atoms with van der Waals surface area (Å²) < 4.78 is 10.7. The molecule has 0 N–H and O–H groups in total. The number of para-hydroxylation sites is 3. The summed E-state index contributed by atoms with van der Waals surface area (Å²) in [6.45, 7) is 0. The summed E-state index contributed by atoms with van der Waals surface area (Å²) in [6, 6.07) is 39.5. The topological polar surface area (TPSA) is 48.8 Å². The van der Waals surface area contributed by atoms with E-state index in [9.17, 15) is 0 Å². The van der Waals surface area contributed by atoms with Crippen molar-refractivity contribution in [2.75, 3.05) is 0 Å². The summed E-state index contributed by atoms with van der Waals surface area (Å²) in [5.41, 5.74) is 8.92. The van der Waals surface area contributed by atoms with Gasteiger partial charge in [-0.1, -0.05) is 48.5 Å². The van der Waals surface area contributed by atoms with E-state index in [-0.39, 0.29) is 0 Å². The fourth-order valence-corrected chi connectivity index (χ4v) is 5.51. The van der Waals surface area contributed by atoms with Crippen LogP contribution in [0.1, 0.15) is 0 Å². The van der Waals surface area contributed by atoms with E-state index in [0.29, 0.717) is 5.89 Å². The maximum absolute atomic E-state index is 6.23. The van der Waals surface area contributed by atoms with Crippen LogP contribution in [-0.4, -0.2) is 19.1 Å². The molecule has 0 fully saturated rings. The van der Waals surface area contributed by atoms with E-state index in [1.165, 1.54) is 10.8 Å². The smallest absolute Gasteiger partial charge is 0.227 e. The molecule has 184 valence electrons. The molecule has 8 rings (SSSR count). The van der Waals surface area contributed by atoms with Crippen molar-refractivity contribution in [2.45, 2.75) is 0 Å². The van der Waals surface area contributed by atoms with Crippen molar-refractivity contribution >= 4 is 32.9 Å². The maximum Gasteiger partial charge on any atom is 0.227 e. The fourth-order valence-electron chi connectivity index (χ4n) is 5.51. The minimum Gasteiger partial charge on any atom is -0.436 e. The van der Waals surface area contributed by atoms with Crippen LogP contribution >= 0.6 is 0 Å². The molecule has 4 heterocycles. The molecule has 0 bridgehead atoms. The van der Waals surface area contributed by atoms with E-state index in [4.69, 9.17) is 9.40 Å². The molecule has 5 nitrogen and oxygen atoms in total. The van der Waals surface area contributed by atoms with Gasteiger partial charge in [0.15, 0.2) is 5.58 Å². The molecule has 8 aromatic rings. The van der Waals surface area contributed by atoms with Crippen LogP contribution in [0.5, 0.6) is 0 Å². The van der Waals surface area contributed by atoms with Gasteiger partial charge in [0.25, 0.3) is 0 Å². The highest BCUT2D eigenvalue weighted by Crippen LogP contribution is 2.39. The van der Waals surface area contributed by atoms with E-state index >= 15 is 0 Å². The Kier molecular flexibility index (Phi) is 4.76. The van der Waals surface area contributed by atoms with Gasteiger partial charge in [-0.15, -0.1) is 0 Å². The highest BCUT2D eigenvalue weighted by atomic mass is 16.3. The average Bonchev–Trinajstić information content (AvgIpc) is 3.75. The minimum absolute atomic E-state index is 0.602. The zero-order chi connectivity index (χ0) is 25.8. The van der Waals surface area contributed by atoms with Crippen LogP contribution in [0.25, 0.3) is 67.0 Å². The van der Waals surface area contributed by atoms with Crippen molar-refractivity contribution in [1.82, 2.24) is 19.1 Å². The number of hydrogen-bond acceptors (Lipinski definition) is 3. The molecule has 0 spiro atoms. The molecule has 0 unspecified atom stereocenters. The van der Waals surface area contributed by atoms with Crippen LogP contribution in [0.15, 0.2) is 138 Å². The molecule has 4 aromatic heterocycles. The van der Waals surface area contributed by atoms with Gasteiger partial charge >= 0.3 is 0 Å². The molecule has 0 aliphatic carbocycles. The number of hydrogen-bond donors (Lipinski definition) is 0. The van der Waals surface area contributed by atoms with Gasteiger partial charge in [-0.25, -0.2) is 4.98 Å². The summed E-state index contributed by atoms with van der Waals surface area (Å²) in [4.78, 5) is 9.41. The van der Waals surface area contributed by atoms with Crippen molar-refractivity contribution in [3.8, 4) is 34.1 Å². The van der Waals surface area contributed by atoms with Gasteiger partial charge in [-0.05, 0) is 66.7 Å². The first-order valence-electron chi connectivity index (χ1n) is 12.9. The summed E-state index contributed by atoms with van der Waals surface area (Å²) in [7, 11) is 0. The molecule has 5 heteroatoms. The number of fused-ring (bicyclic) bond motifs is 4. The maximum atomic E-state index is 6.23. The van der Waals surface area contributed by atoms with Crippen LogP contribution in [0.2, 0.25) is 0 Å². The zero-order valence-electron chi connectivity index (χ0n) is 20.9. The Morgan fingerprint density at radius 2 is 1.49 bits per heavy atom. The van der Waals surface area contributed by atoms with E-state index in [1.54, 1.807) is 0 Å². The number of oxazole rings is 1.